The topological polar surface area (TPSA) is 66.8 Å². The van der Waals surface area contributed by atoms with Crippen LogP contribution in [0.25, 0.3) is 0 Å². The van der Waals surface area contributed by atoms with Crippen LogP contribution >= 0.6 is 0 Å². The van der Waals surface area contributed by atoms with Crippen molar-refractivity contribution in [3.63, 3.8) is 0 Å². The lowest BCUT2D eigenvalue weighted by Gasteiger charge is -2.00. The van der Waals surface area contributed by atoms with Gasteiger partial charge in [0.25, 0.3) is 0 Å². The van der Waals surface area contributed by atoms with Crippen LogP contribution in [0.5, 0.6) is 0 Å². The van der Waals surface area contributed by atoms with E-state index in [1.54, 1.807) is 0 Å². The first-order valence-corrected chi connectivity index (χ1v) is 9.23. The van der Waals surface area contributed by atoms with Crippen LogP contribution < -0.4 is 0 Å². The largest absolute Gasteiger partial charge is 0.469 e. The van der Waals surface area contributed by atoms with Gasteiger partial charge in [0.1, 0.15) is 0 Å². The van der Waals surface area contributed by atoms with Crippen molar-refractivity contribution in [1.29, 1.82) is 0 Å². The van der Waals surface area contributed by atoms with Gasteiger partial charge in [-0.25, -0.2) is 0 Å². The van der Waals surface area contributed by atoms with Crippen LogP contribution in [-0.4, -0.2) is 23.6 Å². The molecule has 0 bridgehead atoms. The summed E-state index contributed by atoms with van der Waals surface area (Å²) in [6.07, 6.45) is 22.0. The summed E-state index contributed by atoms with van der Waals surface area (Å²) in [5.41, 5.74) is 0. The molecule has 4 nitrogen and oxygen atoms in total. The molecule has 138 valence electrons. The van der Waals surface area contributed by atoms with Crippen LogP contribution in [0.4, 0.5) is 0 Å². The van der Waals surface area contributed by atoms with E-state index < -0.39 is 0 Å². The van der Waals surface area contributed by atoms with Gasteiger partial charge in [0.15, 0.2) is 0 Å². The number of methoxy groups -OCH3 is 1. The highest BCUT2D eigenvalue weighted by molar-refractivity contribution is 5.68. The van der Waals surface area contributed by atoms with Crippen LogP contribution in [0.3, 0.4) is 0 Å². The van der Waals surface area contributed by atoms with Crippen LogP contribution in [-0.2, 0) is 9.53 Å². The maximum absolute atomic E-state index is 10.9. The average Bonchev–Trinajstić information content (AvgIpc) is 2.59. The summed E-state index contributed by atoms with van der Waals surface area (Å²) < 4.78 is 4.62. The molecule has 0 saturated heterocycles. The highest BCUT2D eigenvalue weighted by atomic mass is 17.0. The van der Waals surface area contributed by atoms with Gasteiger partial charge in [0.05, 0.1) is 7.11 Å². The van der Waals surface area contributed by atoms with Crippen molar-refractivity contribution in [3.8, 4) is 0 Å². The molecular weight excluding hydrogens is 292 g/mol. The van der Waals surface area contributed by atoms with E-state index >= 15 is 0 Å². The van der Waals surface area contributed by atoms with E-state index in [2.05, 4.69) is 23.8 Å². The van der Waals surface area contributed by atoms with Crippen molar-refractivity contribution in [1.82, 2.24) is 0 Å². The van der Waals surface area contributed by atoms with Gasteiger partial charge < -0.3 is 4.74 Å². The molecule has 0 aliphatic heterocycles. The first kappa shape index (κ1) is 24.4. The maximum atomic E-state index is 10.9. The second-order valence-electron chi connectivity index (χ2n) is 5.91. The second-order valence-corrected chi connectivity index (χ2v) is 5.91. The number of rotatable bonds is 15. The van der Waals surface area contributed by atoms with E-state index in [1.807, 2.05) is 0 Å². The Labute approximate surface area is 142 Å². The predicted octanol–water partition coefficient (Wildman–Crippen LogP) is 6.21. The summed E-state index contributed by atoms with van der Waals surface area (Å²) >= 11 is 0. The van der Waals surface area contributed by atoms with Gasteiger partial charge in [0, 0.05) is 6.42 Å². The normalized spacial score (nSPS) is 10.4. The fraction of sp³-hybridized carbons (Fsp3) is 0.842. The predicted molar refractivity (Wildman–Crippen MR) is 96.7 cm³/mol. The van der Waals surface area contributed by atoms with Gasteiger partial charge in [-0.1, -0.05) is 70.4 Å². The molecule has 0 radical (unpaired) electrons. The fourth-order valence-electron chi connectivity index (χ4n) is 2.44. The molecule has 2 N–H and O–H groups in total. The molecule has 0 rings (SSSR count). The molecule has 0 aliphatic carbocycles. The molecule has 0 heterocycles. The van der Waals surface area contributed by atoms with E-state index in [0.717, 1.165) is 12.8 Å². The highest BCUT2D eigenvalue weighted by Gasteiger charge is 1.98. The van der Waals surface area contributed by atoms with Crippen LogP contribution in [0.2, 0.25) is 0 Å². The first-order chi connectivity index (χ1) is 11.3. The zero-order valence-electron chi connectivity index (χ0n) is 15.3. The first-order valence-electron chi connectivity index (χ1n) is 9.23. The number of esters is 1. The molecule has 4 heteroatoms. The van der Waals surface area contributed by atoms with Crippen molar-refractivity contribution in [2.24, 2.45) is 0 Å². The third-order valence-electron chi connectivity index (χ3n) is 3.87. The number of ether oxygens (including phenoxy) is 1. The Bertz CT molecular complexity index is 252. The summed E-state index contributed by atoms with van der Waals surface area (Å²) in [5.74, 6) is -0.0763. The van der Waals surface area contributed by atoms with E-state index in [-0.39, 0.29) is 5.97 Å². The van der Waals surface area contributed by atoms with Crippen molar-refractivity contribution in [2.75, 3.05) is 7.11 Å². The van der Waals surface area contributed by atoms with E-state index in [1.165, 1.54) is 77.7 Å². The number of allylic oxidation sites excluding steroid dienone is 2. The zero-order valence-corrected chi connectivity index (χ0v) is 15.3. The Kier molecular flexibility index (Phi) is 24.8. The Hall–Kier alpha value is -0.870. The summed E-state index contributed by atoms with van der Waals surface area (Å²) in [6, 6.07) is 0. The molecule has 0 aliphatic rings. The lowest BCUT2D eigenvalue weighted by molar-refractivity contribution is -0.176. The van der Waals surface area contributed by atoms with E-state index in [0.29, 0.717) is 6.42 Å². The van der Waals surface area contributed by atoms with Crippen LogP contribution in [0.1, 0.15) is 96.8 Å². The van der Waals surface area contributed by atoms with Gasteiger partial charge in [-0.05, 0) is 32.1 Å². The third-order valence-corrected chi connectivity index (χ3v) is 3.87. The number of carbonyl (C=O) groups excluding carboxylic acids is 1. The smallest absolute Gasteiger partial charge is 0.305 e. The average molecular weight is 331 g/mol. The number of hydrogen-bond acceptors (Lipinski definition) is 4. The summed E-state index contributed by atoms with van der Waals surface area (Å²) in [4.78, 5) is 10.9. The molecular formula is C19H38O4. The summed E-state index contributed by atoms with van der Waals surface area (Å²) in [6.45, 7) is 2.27. The Balaban J connectivity index is 0. The molecule has 0 unspecified atom stereocenters. The maximum Gasteiger partial charge on any atom is 0.305 e. The van der Waals surface area contributed by atoms with Gasteiger partial charge in [-0.2, -0.15) is 0 Å². The van der Waals surface area contributed by atoms with Gasteiger partial charge in [-0.3, -0.25) is 15.3 Å². The summed E-state index contributed by atoms with van der Waals surface area (Å²) in [5, 5.41) is 12.0. The van der Waals surface area contributed by atoms with Gasteiger partial charge >= 0.3 is 5.97 Å². The van der Waals surface area contributed by atoms with Crippen LogP contribution in [0, 0.1) is 0 Å². The Morgan fingerprint density at radius 1 is 0.783 bits per heavy atom. The molecule has 0 fully saturated rings. The third kappa shape index (κ3) is 23.5. The molecule has 0 spiro atoms. The Morgan fingerprint density at radius 2 is 1.22 bits per heavy atom. The van der Waals surface area contributed by atoms with E-state index in [4.69, 9.17) is 10.5 Å². The lowest BCUT2D eigenvalue weighted by atomic mass is 10.1. The monoisotopic (exact) mass is 330 g/mol. The minimum atomic E-state index is -0.0763. The molecule has 0 aromatic heterocycles. The SMILES string of the molecule is CCCCCCCCC=CCCCCCCCC(=O)OC.OO. The molecule has 0 aromatic carbocycles. The minimum Gasteiger partial charge on any atom is -0.469 e. The summed E-state index contributed by atoms with van der Waals surface area (Å²) in [7, 11) is 1.46. The fourth-order valence-corrected chi connectivity index (χ4v) is 2.44. The van der Waals surface area contributed by atoms with Gasteiger partial charge in [0.2, 0.25) is 0 Å². The van der Waals surface area contributed by atoms with Crippen molar-refractivity contribution in [3.05, 3.63) is 12.2 Å². The minimum absolute atomic E-state index is 0.0763. The standard InChI is InChI=1S/C19H36O2.H2O2/c1-3-4-5-6-7-8-9-10-11-12-13-14-15-16-17-18-19(20)21-2;1-2/h10-11H,3-9,12-18H2,1-2H3;1-2H. The zero-order chi connectivity index (χ0) is 17.6. The molecule has 23 heavy (non-hydrogen) atoms. The van der Waals surface area contributed by atoms with Crippen molar-refractivity contribution >= 4 is 5.97 Å². The molecule has 0 amide bonds. The quantitative estimate of drug-likeness (QED) is 0.123. The Morgan fingerprint density at radius 3 is 1.70 bits per heavy atom. The van der Waals surface area contributed by atoms with Crippen molar-refractivity contribution < 1.29 is 20.0 Å². The molecule has 0 atom stereocenters. The highest BCUT2D eigenvalue weighted by Crippen LogP contribution is 2.10. The second kappa shape index (κ2) is 23.4. The number of hydrogen-bond donors (Lipinski definition) is 2. The number of unbranched alkanes of at least 4 members (excludes halogenated alkanes) is 11. The van der Waals surface area contributed by atoms with E-state index in [9.17, 15) is 4.79 Å². The molecule has 0 aromatic rings. The van der Waals surface area contributed by atoms with Gasteiger partial charge in [-0.15, -0.1) is 0 Å². The number of carbonyl (C=O) groups is 1. The van der Waals surface area contributed by atoms with Crippen LogP contribution in [0.15, 0.2) is 12.2 Å². The molecule has 0 saturated carbocycles. The van der Waals surface area contributed by atoms with Crippen molar-refractivity contribution in [2.45, 2.75) is 96.8 Å². The lowest BCUT2D eigenvalue weighted by Crippen LogP contribution is -1.98.